The highest BCUT2D eigenvalue weighted by Crippen LogP contribution is 2.29. The second kappa shape index (κ2) is 14.8. The number of aryl methyl sites for hydroxylation is 2. The number of hydrogen-bond acceptors (Lipinski definition) is 4. The molecule has 0 aliphatic rings. The van der Waals surface area contributed by atoms with Crippen molar-refractivity contribution in [1.82, 2.24) is 10.2 Å². The number of carbonyl (C=O) groups excluding carboxylic acids is 2. The largest absolute Gasteiger partial charge is 0.355 e. The number of nitrogens with one attached hydrogen (secondary N) is 1. The number of amides is 2. The fourth-order valence-electron chi connectivity index (χ4n) is 4.90. The Morgan fingerprint density at radius 3 is 2.16 bits per heavy atom. The minimum Gasteiger partial charge on any atom is -0.355 e. The summed E-state index contributed by atoms with van der Waals surface area (Å²) < 4.78 is 29.4. The summed E-state index contributed by atoms with van der Waals surface area (Å²) in [5.41, 5.74) is 3.30. The molecule has 4 rings (SSSR count). The molecule has 0 bridgehead atoms. The summed E-state index contributed by atoms with van der Waals surface area (Å²) >= 11 is 12.7. The lowest BCUT2D eigenvalue weighted by Crippen LogP contribution is -2.53. The van der Waals surface area contributed by atoms with Gasteiger partial charge < -0.3 is 10.2 Å². The first-order chi connectivity index (χ1) is 21.0. The second-order valence-electron chi connectivity index (χ2n) is 10.5. The Morgan fingerprint density at radius 2 is 1.52 bits per heavy atom. The van der Waals surface area contributed by atoms with E-state index in [1.807, 2.05) is 49.4 Å². The number of rotatable bonds is 12. The normalized spacial score (nSPS) is 11.9. The third kappa shape index (κ3) is 8.00. The topological polar surface area (TPSA) is 86.8 Å². The highest BCUT2D eigenvalue weighted by Gasteiger charge is 2.35. The number of nitrogens with zero attached hydrogens (tertiary/aromatic N) is 2. The van der Waals surface area contributed by atoms with E-state index in [-0.39, 0.29) is 23.8 Å². The van der Waals surface area contributed by atoms with Gasteiger partial charge in [0, 0.05) is 29.6 Å². The summed E-state index contributed by atoms with van der Waals surface area (Å²) in [4.78, 5) is 29.6. The standard InChI is InChI=1S/C34H35Cl2N3O4S/c1-4-37-34(41)32(20-26-11-7-5-8-12-26)38(22-27-17-18-28(35)21-30(27)36)33(40)23-39(31-19-24(2)15-16-25(31)3)44(42,43)29-13-9-6-10-14-29/h5-19,21,32H,4,20,22-23H2,1-3H3,(H,37,41)/t32-/m1/s1. The van der Waals surface area contributed by atoms with Crippen LogP contribution in [0.3, 0.4) is 0 Å². The predicted octanol–water partition coefficient (Wildman–Crippen LogP) is 6.58. The van der Waals surface area contributed by atoms with Crippen molar-refractivity contribution in [2.75, 3.05) is 17.4 Å². The summed E-state index contributed by atoms with van der Waals surface area (Å²) in [6, 6.07) is 26.8. The van der Waals surface area contributed by atoms with Crippen LogP contribution in [0.25, 0.3) is 0 Å². The minimum atomic E-state index is -4.18. The van der Waals surface area contributed by atoms with E-state index in [4.69, 9.17) is 23.2 Å². The maximum atomic E-state index is 14.5. The maximum Gasteiger partial charge on any atom is 0.264 e. The summed E-state index contributed by atoms with van der Waals surface area (Å²) in [5.74, 6) is -0.928. The molecule has 4 aromatic rings. The molecule has 7 nitrogen and oxygen atoms in total. The third-order valence-electron chi connectivity index (χ3n) is 7.22. The van der Waals surface area contributed by atoms with Crippen molar-refractivity contribution in [3.8, 4) is 0 Å². The zero-order valence-corrected chi connectivity index (χ0v) is 27.2. The zero-order valence-electron chi connectivity index (χ0n) is 24.8. The minimum absolute atomic E-state index is 0.0461. The van der Waals surface area contributed by atoms with Crippen LogP contribution in [-0.4, -0.2) is 44.3 Å². The van der Waals surface area contributed by atoms with Gasteiger partial charge >= 0.3 is 0 Å². The molecule has 4 aromatic carbocycles. The van der Waals surface area contributed by atoms with E-state index in [1.54, 1.807) is 56.3 Å². The summed E-state index contributed by atoms with van der Waals surface area (Å²) in [6.07, 6.45) is 0.207. The number of hydrogen-bond donors (Lipinski definition) is 1. The van der Waals surface area contributed by atoms with Gasteiger partial charge in [0.25, 0.3) is 10.0 Å². The van der Waals surface area contributed by atoms with Crippen LogP contribution < -0.4 is 9.62 Å². The predicted molar refractivity (Wildman–Crippen MR) is 177 cm³/mol. The Kier molecular flexibility index (Phi) is 11.1. The van der Waals surface area contributed by atoms with Crippen LogP contribution >= 0.6 is 23.2 Å². The van der Waals surface area contributed by atoms with Crippen molar-refractivity contribution >= 4 is 50.7 Å². The van der Waals surface area contributed by atoms with Crippen LogP contribution in [0.4, 0.5) is 5.69 Å². The fourth-order valence-corrected chi connectivity index (χ4v) is 6.86. The van der Waals surface area contributed by atoms with E-state index in [2.05, 4.69) is 5.32 Å². The van der Waals surface area contributed by atoms with Gasteiger partial charge in [0.15, 0.2) is 0 Å². The second-order valence-corrected chi connectivity index (χ2v) is 13.2. The van der Waals surface area contributed by atoms with Crippen LogP contribution in [0.2, 0.25) is 10.0 Å². The Bertz CT molecular complexity index is 1720. The van der Waals surface area contributed by atoms with Crippen molar-refractivity contribution < 1.29 is 18.0 Å². The van der Waals surface area contributed by atoms with Gasteiger partial charge in [-0.2, -0.15) is 0 Å². The molecule has 0 aromatic heterocycles. The monoisotopic (exact) mass is 651 g/mol. The molecule has 0 saturated carbocycles. The lowest BCUT2D eigenvalue weighted by atomic mass is 10.0. The molecule has 1 N–H and O–H groups in total. The van der Waals surface area contributed by atoms with Gasteiger partial charge in [-0.1, -0.05) is 89.9 Å². The molecule has 0 aliphatic heterocycles. The molecule has 1 atom stereocenters. The number of benzene rings is 4. The zero-order chi connectivity index (χ0) is 31.9. The van der Waals surface area contributed by atoms with Crippen molar-refractivity contribution in [3.63, 3.8) is 0 Å². The van der Waals surface area contributed by atoms with Gasteiger partial charge in [0.2, 0.25) is 11.8 Å². The fraction of sp³-hybridized carbons (Fsp3) is 0.235. The number of sulfonamides is 1. The smallest absolute Gasteiger partial charge is 0.264 e. The Morgan fingerprint density at radius 1 is 0.864 bits per heavy atom. The lowest BCUT2D eigenvalue weighted by Gasteiger charge is -2.34. The highest BCUT2D eigenvalue weighted by molar-refractivity contribution is 7.92. The molecule has 0 fully saturated rings. The van der Waals surface area contributed by atoms with Crippen LogP contribution in [0, 0.1) is 13.8 Å². The Hall–Kier alpha value is -3.85. The molecule has 230 valence electrons. The van der Waals surface area contributed by atoms with Crippen LogP contribution in [0.1, 0.15) is 29.2 Å². The lowest BCUT2D eigenvalue weighted by molar-refractivity contribution is -0.140. The van der Waals surface area contributed by atoms with Gasteiger partial charge in [-0.05, 0) is 73.4 Å². The molecule has 0 saturated heterocycles. The molecule has 2 amide bonds. The molecule has 10 heteroatoms. The highest BCUT2D eigenvalue weighted by atomic mass is 35.5. The molecular weight excluding hydrogens is 617 g/mol. The van der Waals surface area contributed by atoms with Gasteiger partial charge in [-0.25, -0.2) is 8.42 Å². The third-order valence-corrected chi connectivity index (χ3v) is 9.58. The molecule has 0 radical (unpaired) electrons. The van der Waals surface area contributed by atoms with E-state index >= 15 is 0 Å². The molecule has 0 aliphatic carbocycles. The van der Waals surface area contributed by atoms with E-state index in [9.17, 15) is 18.0 Å². The number of likely N-dealkylation sites (N-methyl/N-ethyl adjacent to an activating group) is 1. The van der Waals surface area contributed by atoms with Gasteiger partial charge in [-0.3, -0.25) is 13.9 Å². The van der Waals surface area contributed by atoms with E-state index in [0.717, 1.165) is 15.4 Å². The van der Waals surface area contributed by atoms with Gasteiger partial charge in [0.05, 0.1) is 10.6 Å². The van der Waals surface area contributed by atoms with Crippen molar-refractivity contribution in [2.45, 2.75) is 44.7 Å². The number of anilines is 1. The molecule has 44 heavy (non-hydrogen) atoms. The molecular formula is C34H35Cl2N3O4S. The first-order valence-electron chi connectivity index (χ1n) is 14.2. The molecule has 0 spiro atoms. The number of carbonyl (C=O) groups is 2. The SMILES string of the molecule is CCNC(=O)[C@@H](Cc1ccccc1)N(Cc1ccc(Cl)cc1Cl)C(=O)CN(c1cc(C)ccc1C)S(=O)(=O)c1ccccc1. The van der Waals surface area contributed by atoms with Crippen LogP contribution in [0.5, 0.6) is 0 Å². The van der Waals surface area contributed by atoms with Gasteiger partial charge in [-0.15, -0.1) is 0 Å². The molecule has 0 heterocycles. The van der Waals surface area contributed by atoms with E-state index in [1.165, 1.54) is 17.0 Å². The quantitative estimate of drug-likeness (QED) is 0.187. The van der Waals surface area contributed by atoms with E-state index < -0.39 is 28.5 Å². The summed E-state index contributed by atoms with van der Waals surface area (Å²) in [5, 5.41) is 3.60. The van der Waals surface area contributed by atoms with Crippen molar-refractivity contribution in [2.24, 2.45) is 0 Å². The Labute approximate surface area is 269 Å². The van der Waals surface area contributed by atoms with E-state index in [0.29, 0.717) is 33.4 Å². The summed E-state index contributed by atoms with van der Waals surface area (Å²) in [6.45, 7) is 5.22. The average Bonchev–Trinajstić information content (AvgIpc) is 3.01. The maximum absolute atomic E-state index is 14.5. The number of halogens is 2. The average molecular weight is 653 g/mol. The first-order valence-corrected chi connectivity index (χ1v) is 16.4. The van der Waals surface area contributed by atoms with Crippen molar-refractivity contribution in [1.29, 1.82) is 0 Å². The molecule has 0 unspecified atom stereocenters. The summed E-state index contributed by atoms with van der Waals surface area (Å²) in [7, 11) is -4.18. The van der Waals surface area contributed by atoms with Gasteiger partial charge in [0.1, 0.15) is 12.6 Å². The Balaban J connectivity index is 1.84. The van der Waals surface area contributed by atoms with Crippen molar-refractivity contribution in [3.05, 3.63) is 129 Å². The van der Waals surface area contributed by atoms with Crippen LogP contribution in [0.15, 0.2) is 102 Å². The first kappa shape index (κ1) is 33.1. The van der Waals surface area contributed by atoms with Crippen LogP contribution in [-0.2, 0) is 32.6 Å².